The molecule has 15 heavy (non-hydrogen) atoms. The van der Waals surface area contributed by atoms with Gasteiger partial charge in [0.1, 0.15) is 11.8 Å². The molecule has 0 aliphatic carbocycles. The number of nitro benzene ring substituents is 1. The van der Waals surface area contributed by atoms with Crippen molar-refractivity contribution < 1.29 is 9.72 Å². The molecule has 0 saturated carbocycles. The third-order valence-electron chi connectivity index (χ3n) is 1.88. The molecule has 0 aromatic heterocycles. The largest absolute Gasteiger partial charge is 0.392 e. The van der Waals surface area contributed by atoms with E-state index < -0.39 is 10.6 Å². The van der Waals surface area contributed by atoms with E-state index in [0.29, 0.717) is 0 Å². The van der Waals surface area contributed by atoms with Crippen molar-refractivity contribution in [3.63, 3.8) is 0 Å². The van der Waals surface area contributed by atoms with E-state index in [4.69, 9.17) is 11.0 Å². The van der Waals surface area contributed by atoms with Gasteiger partial charge in [-0.15, -0.1) is 0 Å². The number of hydrogen-bond acceptors (Lipinski definition) is 5. The van der Waals surface area contributed by atoms with Gasteiger partial charge in [0.2, 0.25) is 0 Å². The monoisotopic (exact) mass is 205 g/mol. The van der Waals surface area contributed by atoms with Crippen LogP contribution < -0.4 is 5.73 Å². The number of anilines is 1. The van der Waals surface area contributed by atoms with Crippen LogP contribution in [0.4, 0.5) is 11.4 Å². The summed E-state index contributed by atoms with van der Waals surface area (Å²) in [5, 5.41) is 19.2. The predicted octanol–water partition coefficient (Wildman–Crippen LogP) is 1.25. The van der Waals surface area contributed by atoms with Crippen LogP contribution in [0.25, 0.3) is 0 Å². The highest BCUT2D eigenvalue weighted by Gasteiger charge is 2.18. The standard InChI is InChI=1S/C9H7N3O3/c1-5(13)6-2-7(4-10)9(11)8(3-6)12(14)15/h2-3H,11H2,1H3. The molecule has 0 aliphatic rings. The fraction of sp³-hybridized carbons (Fsp3) is 0.111. The quantitative estimate of drug-likeness (QED) is 0.338. The minimum absolute atomic E-state index is 0.0607. The van der Waals surface area contributed by atoms with Gasteiger partial charge in [0.25, 0.3) is 5.69 Å². The van der Waals surface area contributed by atoms with Crippen molar-refractivity contribution in [3.05, 3.63) is 33.4 Å². The maximum Gasteiger partial charge on any atom is 0.294 e. The lowest BCUT2D eigenvalue weighted by Crippen LogP contribution is -2.02. The Labute approximate surface area is 85.1 Å². The summed E-state index contributed by atoms with van der Waals surface area (Å²) in [5.41, 5.74) is 4.80. The molecule has 2 N–H and O–H groups in total. The molecule has 6 nitrogen and oxygen atoms in total. The number of nitro groups is 1. The fourth-order valence-corrected chi connectivity index (χ4v) is 1.08. The molecule has 0 amide bonds. The molecule has 0 fully saturated rings. The van der Waals surface area contributed by atoms with Gasteiger partial charge in [0.05, 0.1) is 10.5 Å². The van der Waals surface area contributed by atoms with Gasteiger partial charge in [-0.1, -0.05) is 0 Å². The fourth-order valence-electron chi connectivity index (χ4n) is 1.08. The molecule has 6 heteroatoms. The molecular weight excluding hydrogens is 198 g/mol. The van der Waals surface area contributed by atoms with Crippen LogP contribution >= 0.6 is 0 Å². The van der Waals surface area contributed by atoms with E-state index in [2.05, 4.69) is 0 Å². The van der Waals surface area contributed by atoms with E-state index in [9.17, 15) is 14.9 Å². The molecule has 0 radical (unpaired) electrons. The molecule has 0 unspecified atom stereocenters. The molecule has 1 aromatic carbocycles. The van der Waals surface area contributed by atoms with Crippen LogP contribution in [0, 0.1) is 21.4 Å². The van der Waals surface area contributed by atoms with Crippen molar-refractivity contribution in [2.24, 2.45) is 0 Å². The first kappa shape index (κ1) is 10.7. The van der Waals surface area contributed by atoms with Crippen molar-refractivity contribution in [2.75, 3.05) is 5.73 Å². The molecule has 0 heterocycles. The third kappa shape index (κ3) is 1.91. The lowest BCUT2D eigenvalue weighted by Gasteiger charge is -2.01. The summed E-state index contributed by atoms with van der Waals surface area (Å²) >= 11 is 0. The Hall–Kier alpha value is -2.42. The van der Waals surface area contributed by atoms with E-state index >= 15 is 0 Å². The first-order chi connectivity index (χ1) is 6.97. The highest BCUT2D eigenvalue weighted by Crippen LogP contribution is 2.26. The van der Waals surface area contributed by atoms with Crippen LogP contribution in [0.1, 0.15) is 22.8 Å². The van der Waals surface area contributed by atoms with Crippen LogP contribution in [0.5, 0.6) is 0 Å². The van der Waals surface area contributed by atoms with Gasteiger partial charge < -0.3 is 5.73 Å². The summed E-state index contributed by atoms with van der Waals surface area (Å²) in [6, 6.07) is 4.01. The number of rotatable bonds is 2. The average Bonchev–Trinajstić information content (AvgIpc) is 2.17. The molecule has 0 bridgehead atoms. The van der Waals surface area contributed by atoms with Gasteiger partial charge in [-0.3, -0.25) is 14.9 Å². The van der Waals surface area contributed by atoms with E-state index in [0.717, 1.165) is 6.07 Å². The zero-order valence-electron chi connectivity index (χ0n) is 7.85. The van der Waals surface area contributed by atoms with Crippen molar-refractivity contribution in [3.8, 4) is 6.07 Å². The minimum Gasteiger partial charge on any atom is -0.392 e. The number of nitrogen functional groups attached to an aromatic ring is 1. The Morgan fingerprint density at radius 3 is 2.60 bits per heavy atom. The van der Waals surface area contributed by atoms with Crippen molar-refractivity contribution in [1.82, 2.24) is 0 Å². The molecule has 0 aliphatic heterocycles. The smallest absolute Gasteiger partial charge is 0.294 e. The zero-order valence-corrected chi connectivity index (χ0v) is 7.85. The highest BCUT2D eigenvalue weighted by molar-refractivity contribution is 5.96. The molecule has 1 aromatic rings. The number of benzene rings is 1. The highest BCUT2D eigenvalue weighted by atomic mass is 16.6. The summed E-state index contributed by atoms with van der Waals surface area (Å²) in [4.78, 5) is 20.9. The Balaban J connectivity index is 3.54. The summed E-state index contributed by atoms with van der Waals surface area (Å²) in [6.45, 7) is 1.26. The Kier molecular flexibility index (Phi) is 2.67. The number of Topliss-reactive ketones (excluding diaryl/α,β-unsaturated/α-hetero) is 1. The number of hydrogen-bond donors (Lipinski definition) is 1. The summed E-state index contributed by atoms with van der Waals surface area (Å²) in [6.07, 6.45) is 0. The first-order valence-electron chi connectivity index (χ1n) is 3.96. The second kappa shape index (κ2) is 3.75. The lowest BCUT2D eigenvalue weighted by molar-refractivity contribution is -0.383. The van der Waals surface area contributed by atoms with E-state index in [1.54, 1.807) is 6.07 Å². The van der Waals surface area contributed by atoms with Gasteiger partial charge in [0, 0.05) is 11.6 Å². The van der Waals surface area contributed by atoms with Crippen LogP contribution in [0.15, 0.2) is 12.1 Å². The van der Waals surface area contributed by atoms with Crippen molar-refractivity contribution in [1.29, 1.82) is 5.26 Å². The summed E-state index contributed by atoms with van der Waals surface area (Å²) < 4.78 is 0. The van der Waals surface area contributed by atoms with Gasteiger partial charge in [-0.25, -0.2) is 0 Å². The Bertz CT molecular complexity index is 488. The maximum absolute atomic E-state index is 11.0. The Morgan fingerprint density at radius 2 is 2.20 bits per heavy atom. The van der Waals surface area contributed by atoms with Crippen LogP contribution in [0.2, 0.25) is 0 Å². The number of carbonyl (C=O) groups is 1. The number of ketones is 1. The summed E-state index contributed by atoms with van der Waals surface area (Å²) in [7, 11) is 0. The van der Waals surface area contributed by atoms with E-state index in [-0.39, 0.29) is 22.6 Å². The summed E-state index contributed by atoms with van der Waals surface area (Å²) in [5.74, 6) is -0.352. The first-order valence-corrected chi connectivity index (χ1v) is 3.96. The number of nitriles is 1. The second-order valence-electron chi connectivity index (χ2n) is 2.88. The molecule has 1 rings (SSSR count). The van der Waals surface area contributed by atoms with Crippen LogP contribution in [-0.2, 0) is 0 Å². The average molecular weight is 205 g/mol. The number of nitrogens with zero attached hydrogens (tertiary/aromatic N) is 2. The molecule has 0 spiro atoms. The van der Waals surface area contributed by atoms with Gasteiger partial charge >= 0.3 is 0 Å². The molecule has 0 saturated heterocycles. The van der Waals surface area contributed by atoms with Crippen molar-refractivity contribution in [2.45, 2.75) is 6.92 Å². The van der Waals surface area contributed by atoms with E-state index in [1.165, 1.54) is 13.0 Å². The predicted molar refractivity (Wildman–Crippen MR) is 52.2 cm³/mol. The molecular formula is C9H7N3O3. The zero-order chi connectivity index (χ0) is 11.6. The van der Waals surface area contributed by atoms with Gasteiger partial charge in [-0.05, 0) is 13.0 Å². The van der Waals surface area contributed by atoms with Gasteiger partial charge in [-0.2, -0.15) is 5.26 Å². The number of carbonyl (C=O) groups excluding carboxylic acids is 1. The maximum atomic E-state index is 11.0. The van der Waals surface area contributed by atoms with Crippen LogP contribution in [-0.4, -0.2) is 10.7 Å². The number of nitrogens with two attached hydrogens (primary N) is 1. The second-order valence-corrected chi connectivity index (χ2v) is 2.88. The SMILES string of the molecule is CC(=O)c1cc(C#N)c(N)c([N+](=O)[O-])c1. The van der Waals surface area contributed by atoms with Gasteiger partial charge in [0.15, 0.2) is 5.78 Å². The topological polar surface area (TPSA) is 110 Å². The Morgan fingerprint density at radius 1 is 1.60 bits per heavy atom. The normalized spacial score (nSPS) is 9.33. The molecule has 0 atom stereocenters. The third-order valence-corrected chi connectivity index (χ3v) is 1.88. The minimum atomic E-state index is -0.720. The molecule has 76 valence electrons. The van der Waals surface area contributed by atoms with Crippen molar-refractivity contribution >= 4 is 17.2 Å². The van der Waals surface area contributed by atoms with Crippen LogP contribution in [0.3, 0.4) is 0 Å². The van der Waals surface area contributed by atoms with E-state index in [1.807, 2.05) is 0 Å². The lowest BCUT2D eigenvalue weighted by atomic mass is 10.1.